The predicted molar refractivity (Wildman–Crippen MR) is 107 cm³/mol. The van der Waals surface area contributed by atoms with E-state index >= 15 is 0 Å². The molecule has 0 aliphatic carbocycles. The van der Waals surface area contributed by atoms with Crippen LogP contribution in [0.25, 0.3) is 6.08 Å². The van der Waals surface area contributed by atoms with E-state index in [-0.39, 0.29) is 23.6 Å². The normalized spacial score (nSPS) is 12.2. The summed E-state index contributed by atoms with van der Waals surface area (Å²) in [5, 5.41) is 0. The molecule has 0 spiro atoms. The number of rotatable bonds is 9. The highest BCUT2D eigenvalue weighted by atomic mass is 19.2. The van der Waals surface area contributed by atoms with Gasteiger partial charge in [0.2, 0.25) is 5.83 Å². The summed E-state index contributed by atoms with van der Waals surface area (Å²) in [6, 6.07) is 4.89. The maximum atomic E-state index is 14.1. The maximum Gasteiger partial charge on any atom is 0.200 e. The summed E-state index contributed by atoms with van der Waals surface area (Å²) < 4.78 is 46.5. The maximum absolute atomic E-state index is 14.1. The number of halogens is 3. The molecule has 1 rings (SSSR count). The molecule has 0 saturated carbocycles. The highest BCUT2D eigenvalue weighted by Crippen LogP contribution is 2.27. The van der Waals surface area contributed by atoms with E-state index in [1.54, 1.807) is 44.2 Å². The van der Waals surface area contributed by atoms with Crippen molar-refractivity contribution in [2.75, 3.05) is 6.61 Å². The monoisotopic (exact) mass is 372 g/mol. The average Bonchev–Trinajstić information content (AvgIpc) is 2.63. The third-order valence-electron chi connectivity index (χ3n) is 3.54. The Balaban J connectivity index is 2.80. The number of aryl methyl sites for hydroxylation is 1. The molecule has 1 nitrogen and oxygen atoms in total. The van der Waals surface area contributed by atoms with Crippen LogP contribution in [0, 0.1) is 12.7 Å². The second-order valence-electron chi connectivity index (χ2n) is 5.75. The van der Waals surface area contributed by atoms with Gasteiger partial charge in [0.05, 0.1) is 6.61 Å². The van der Waals surface area contributed by atoms with E-state index < -0.39 is 17.4 Å². The van der Waals surface area contributed by atoms with E-state index in [0.29, 0.717) is 11.1 Å². The second kappa shape index (κ2) is 10.2. The van der Waals surface area contributed by atoms with Gasteiger partial charge in [0.25, 0.3) is 0 Å². The molecule has 4 heteroatoms. The van der Waals surface area contributed by atoms with Gasteiger partial charge in [-0.1, -0.05) is 62.8 Å². The first-order valence-electron chi connectivity index (χ1n) is 8.24. The topological polar surface area (TPSA) is 9.23 Å². The van der Waals surface area contributed by atoms with Gasteiger partial charge in [0.1, 0.15) is 5.82 Å². The number of allylic oxidation sites excluding steroid dienone is 8. The lowest BCUT2D eigenvalue weighted by molar-refractivity contribution is 0.224. The summed E-state index contributed by atoms with van der Waals surface area (Å²) in [7, 11) is 0. The quantitative estimate of drug-likeness (QED) is 0.333. The fourth-order valence-corrected chi connectivity index (χ4v) is 1.96. The standard InChI is InChI=1S/C23H23F3O/c1-7-27-19(6)23(26)22(25)18(5)17(4)11-8-15(2)9-12-20-13-10-16(3)14-21(20)24/h8-14H,2,4-7H2,1,3H3/b11-8-,12-9+,23-22-. The second-order valence-corrected chi connectivity index (χ2v) is 5.75. The minimum atomic E-state index is -1.22. The summed E-state index contributed by atoms with van der Waals surface area (Å²) in [6.07, 6.45) is 6.16. The average molecular weight is 372 g/mol. The summed E-state index contributed by atoms with van der Waals surface area (Å²) in [5.74, 6) is -3.14. The fraction of sp³-hybridized carbons (Fsp3) is 0.130. The Bertz CT molecular complexity index is 854. The van der Waals surface area contributed by atoms with Crippen molar-refractivity contribution in [3.8, 4) is 0 Å². The molecule has 0 aromatic heterocycles. The number of benzene rings is 1. The zero-order valence-corrected chi connectivity index (χ0v) is 15.6. The molecule has 0 unspecified atom stereocenters. The first kappa shape index (κ1) is 22.0. The molecule has 0 amide bonds. The van der Waals surface area contributed by atoms with Gasteiger partial charge in [-0.2, -0.15) is 4.39 Å². The lowest BCUT2D eigenvalue weighted by atomic mass is 10.1. The van der Waals surface area contributed by atoms with Crippen LogP contribution in [-0.4, -0.2) is 6.61 Å². The van der Waals surface area contributed by atoms with E-state index in [9.17, 15) is 13.2 Å². The van der Waals surface area contributed by atoms with Crippen LogP contribution in [0.3, 0.4) is 0 Å². The molecule has 142 valence electrons. The Morgan fingerprint density at radius 2 is 1.70 bits per heavy atom. The molecule has 0 aliphatic rings. The van der Waals surface area contributed by atoms with Crippen LogP contribution in [0.15, 0.2) is 96.9 Å². The molecule has 27 heavy (non-hydrogen) atoms. The van der Waals surface area contributed by atoms with Crippen molar-refractivity contribution in [3.63, 3.8) is 0 Å². The third kappa shape index (κ3) is 6.66. The molecule has 0 heterocycles. The minimum Gasteiger partial charge on any atom is -0.491 e. The smallest absolute Gasteiger partial charge is 0.200 e. The van der Waals surface area contributed by atoms with E-state index in [0.717, 1.165) is 5.56 Å². The van der Waals surface area contributed by atoms with Gasteiger partial charge in [0, 0.05) is 11.1 Å². The van der Waals surface area contributed by atoms with E-state index in [4.69, 9.17) is 4.74 Å². The van der Waals surface area contributed by atoms with Crippen LogP contribution in [-0.2, 0) is 4.74 Å². The van der Waals surface area contributed by atoms with Crippen LogP contribution in [0.4, 0.5) is 13.2 Å². The molecule has 0 bridgehead atoms. The van der Waals surface area contributed by atoms with Crippen LogP contribution in [0.5, 0.6) is 0 Å². The van der Waals surface area contributed by atoms with Crippen LogP contribution >= 0.6 is 0 Å². The molecular formula is C23H23F3O. The fourth-order valence-electron chi connectivity index (χ4n) is 1.96. The molecule has 0 fully saturated rings. The molecule has 0 saturated heterocycles. The van der Waals surface area contributed by atoms with Crippen LogP contribution in [0.2, 0.25) is 0 Å². The highest BCUT2D eigenvalue weighted by Gasteiger charge is 2.15. The number of hydrogen-bond donors (Lipinski definition) is 0. The van der Waals surface area contributed by atoms with Gasteiger partial charge in [-0.05, 0) is 36.6 Å². The van der Waals surface area contributed by atoms with Crippen molar-refractivity contribution in [1.82, 2.24) is 0 Å². The van der Waals surface area contributed by atoms with Gasteiger partial charge in [-0.25, -0.2) is 8.78 Å². The first-order valence-corrected chi connectivity index (χ1v) is 8.24. The van der Waals surface area contributed by atoms with Gasteiger partial charge >= 0.3 is 0 Å². The minimum absolute atomic E-state index is 0.156. The van der Waals surface area contributed by atoms with Crippen molar-refractivity contribution in [2.45, 2.75) is 13.8 Å². The Labute approximate surface area is 158 Å². The van der Waals surface area contributed by atoms with Crippen molar-refractivity contribution >= 4 is 6.08 Å². The van der Waals surface area contributed by atoms with Gasteiger partial charge in [0.15, 0.2) is 11.6 Å². The van der Waals surface area contributed by atoms with E-state index in [1.807, 2.05) is 0 Å². The van der Waals surface area contributed by atoms with Crippen LogP contribution < -0.4 is 0 Å². The molecular weight excluding hydrogens is 349 g/mol. The summed E-state index contributed by atoms with van der Waals surface area (Å²) >= 11 is 0. The zero-order chi connectivity index (χ0) is 20.6. The lowest BCUT2D eigenvalue weighted by Crippen LogP contribution is -1.95. The first-order chi connectivity index (χ1) is 12.7. The van der Waals surface area contributed by atoms with Gasteiger partial charge < -0.3 is 4.74 Å². The van der Waals surface area contributed by atoms with Crippen molar-refractivity contribution in [1.29, 1.82) is 0 Å². The zero-order valence-electron chi connectivity index (χ0n) is 15.6. The molecule has 0 aliphatic heterocycles. The number of hydrogen-bond acceptors (Lipinski definition) is 1. The Morgan fingerprint density at radius 3 is 2.30 bits per heavy atom. The number of ether oxygens (including phenoxy) is 1. The van der Waals surface area contributed by atoms with Crippen molar-refractivity contribution in [2.24, 2.45) is 0 Å². The van der Waals surface area contributed by atoms with Gasteiger partial charge in [-0.15, -0.1) is 0 Å². The largest absolute Gasteiger partial charge is 0.491 e. The van der Waals surface area contributed by atoms with E-state index in [2.05, 4.69) is 26.3 Å². The summed E-state index contributed by atoms with van der Waals surface area (Å²) in [4.78, 5) is 0. The molecule has 1 aromatic carbocycles. The predicted octanol–water partition coefficient (Wildman–Crippen LogP) is 7.07. The Kier molecular flexibility index (Phi) is 8.34. The van der Waals surface area contributed by atoms with Crippen molar-refractivity contribution in [3.05, 3.63) is 114 Å². The lowest BCUT2D eigenvalue weighted by Gasteiger charge is -2.08. The SMILES string of the molecule is C=C(/C=C\C(=C)C(=C)/C(F)=C(/F)C(=C)OCC)/C=C/c1ccc(C)cc1F. The highest BCUT2D eigenvalue weighted by molar-refractivity contribution is 5.56. The van der Waals surface area contributed by atoms with Crippen molar-refractivity contribution < 1.29 is 17.9 Å². The summed E-state index contributed by atoms with van der Waals surface area (Å²) in [6.45, 7) is 17.9. The third-order valence-corrected chi connectivity index (χ3v) is 3.54. The summed E-state index contributed by atoms with van der Waals surface area (Å²) in [5.41, 5.74) is 1.69. The van der Waals surface area contributed by atoms with Gasteiger partial charge in [-0.3, -0.25) is 0 Å². The molecule has 0 atom stereocenters. The Morgan fingerprint density at radius 1 is 1.04 bits per heavy atom. The Hall–Kier alpha value is -3.01. The molecule has 1 aromatic rings. The van der Waals surface area contributed by atoms with Crippen LogP contribution in [0.1, 0.15) is 18.1 Å². The van der Waals surface area contributed by atoms with E-state index in [1.165, 1.54) is 12.1 Å². The molecule has 0 N–H and O–H groups in total. The molecule has 0 radical (unpaired) electrons.